The summed E-state index contributed by atoms with van der Waals surface area (Å²) in [6, 6.07) is 7.77. The fourth-order valence-corrected chi connectivity index (χ4v) is 12.3. The number of methoxy groups -OCH3 is 2. The standard InChI is InChI=1S/C49H60N8O6/c1-26(2)40(54-46(60)62-5)42(58)56-24-28-17-19-48(56,21-28)44-50-22-38(52-44)36-15-13-34(30-9-7-11-32(30)36)35-14-16-37(33-12-8-10-31(33)35)39-23-51-45(53-39)49-20-18-29(49)25-57(49)43(59)41(27(3)4)55-47(61)63-6/h13-16,22-23,26-29,40-41H,7-12,17-21,24-25H2,1-6H3,(H,50,52)(H,51,53)(H,54,60)(H,55,61). The van der Waals surface area contributed by atoms with Crippen molar-refractivity contribution in [1.29, 1.82) is 0 Å². The number of aromatic amines is 2. The van der Waals surface area contributed by atoms with E-state index in [4.69, 9.17) is 19.4 Å². The van der Waals surface area contributed by atoms with Gasteiger partial charge in [-0.15, -0.1) is 0 Å². The number of ether oxygens (including phenoxy) is 2. The summed E-state index contributed by atoms with van der Waals surface area (Å²) in [5.74, 6) is 2.03. The van der Waals surface area contributed by atoms with Crippen molar-refractivity contribution >= 4 is 24.0 Å². The highest BCUT2D eigenvalue weighted by atomic mass is 16.5. The highest BCUT2D eigenvalue weighted by Crippen LogP contribution is 2.59. The summed E-state index contributed by atoms with van der Waals surface area (Å²) in [5, 5.41) is 5.56. The smallest absolute Gasteiger partial charge is 0.407 e. The number of likely N-dealkylation sites (tertiary alicyclic amines) is 2. The molecule has 4 amide bonds. The minimum absolute atomic E-state index is 0.0813. The molecule has 2 saturated heterocycles. The number of hydrogen-bond acceptors (Lipinski definition) is 8. The van der Waals surface area contributed by atoms with Crippen LogP contribution >= 0.6 is 0 Å². The Kier molecular flexibility index (Phi) is 10.2. The van der Waals surface area contributed by atoms with Gasteiger partial charge in [-0.25, -0.2) is 19.6 Å². The molecule has 4 aromatic rings. The van der Waals surface area contributed by atoms with Gasteiger partial charge >= 0.3 is 12.2 Å². The van der Waals surface area contributed by atoms with Crippen LogP contribution in [0, 0.1) is 23.7 Å². The minimum Gasteiger partial charge on any atom is -0.453 e. The zero-order chi connectivity index (χ0) is 43.9. The lowest BCUT2D eigenvalue weighted by Gasteiger charge is -2.65. The summed E-state index contributed by atoms with van der Waals surface area (Å²) < 4.78 is 9.72. The predicted molar refractivity (Wildman–Crippen MR) is 236 cm³/mol. The Labute approximate surface area is 368 Å². The van der Waals surface area contributed by atoms with Gasteiger partial charge in [0.25, 0.3) is 0 Å². The van der Waals surface area contributed by atoms with Gasteiger partial charge in [0.05, 0.1) is 38.0 Å². The Bertz CT molecular complexity index is 2510. The predicted octanol–water partition coefficient (Wildman–Crippen LogP) is 7.16. The van der Waals surface area contributed by atoms with Crippen LogP contribution in [0.25, 0.3) is 33.6 Å². The number of benzene rings is 2. The van der Waals surface area contributed by atoms with Gasteiger partial charge in [0.1, 0.15) is 34.8 Å². The first kappa shape index (κ1) is 41.4. The number of hydrogen-bond donors (Lipinski definition) is 4. The summed E-state index contributed by atoms with van der Waals surface area (Å²) in [6.07, 6.45) is 13.5. The maximum atomic E-state index is 14.2. The average Bonchev–Trinajstić information content (AvgIpc) is 4.14. The van der Waals surface area contributed by atoms with Gasteiger partial charge in [0.2, 0.25) is 11.8 Å². The molecule has 14 nitrogen and oxygen atoms in total. The maximum absolute atomic E-state index is 14.2. The van der Waals surface area contributed by atoms with Crippen molar-refractivity contribution in [3.8, 4) is 33.6 Å². The third-order valence-corrected chi connectivity index (χ3v) is 15.7. The van der Waals surface area contributed by atoms with Crippen LogP contribution in [0.5, 0.6) is 0 Å². The third-order valence-electron chi connectivity index (χ3n) is 15.7. The van der Waals surface area contributed by atoms with E-state index in [0.29, 0.717) is 24.9 Å². The molecular weight excluding hydrogens is 797 g/mol. The second kappa shape index (κ2) is 15.5. The lowest BCUT2D eigenvalue weighted by molar-refractivity contribution is -0.190. The zero-order valence-corrected chi connectivity index (χ0v) is 37.4. The molecule has 6 atom stereocenters. The summed E-state index contributed by atoms with van der Waals surface area (Å²) in [5.41, 5.74) is 11.5. The van der Waals surface area contributed by atoms with Crippen LogP contribution in [0.3, 0.4) is 0 Å². The molecular formula is C49H60N8O6. The van der Waals surface area contributed by atoms with Crippen molar-refractivity contribution in [2.24, 2.45) is 23.7 Å². The lowest BCUT2D eigenvalue weighted by atomic mass is 9.58. The molecule has 4 aliphatic carbocycles. The van der Waals surface area contributed by atoms with Gasteiger partial charge < -0.3 is 39.9 Å². The lowest BCUT2D eigenvalue weighted by Crippen LogP contribution is -2.74. The molecule has 0 radical (unpaired) electrons. The molecule has 63 heavy (non-hydrogen) atoms. The molecule has 2 aliphatic heterocycles. The fraction of sp³-hybridized carbons (Fsp3) is 0.551. The molecule has 332 valence electrons. The highest BCUT2D eigenvalue weighted by molar-refractivity contribution is 5.89. The number of imidazole rings is 2. The molecule has 6 unspecified atom stereocenters. The van der Waals surface area contributed by atoms with Crippen LogP contribution in [0.2, 0.25) is 0 Å². The Morgan fingerprint density at radius 1 is 0.667 bits per heavy atom. The van der Waals surface area contributed by atoms with E-state index in [1.807, 2.05) is 49.9 Å². The van der Waals surface area contributed by atoms with E-state index in [-0.39, 0.29) is 23.7 Å². The van der Waals surface area contributed by atoms with Crippen molar-refractivity contribution in [1.82, 2.24) is 40.4 Å². The molecule has 4 N–H and O–H groups in total. The molecule has 14 heteroatoms. The van der Waals surface area contributed by atoms with Crippen molar-refractivity contribution in [3.05, 3.63) is 70.6 Å². The van der Waals surface area contributed by atoms with Crippen LogP contribution in [0.15, 0.2) is 36.7 Å². The van der Waals surface area contributed by atoms with Crippen LogP contribution in [-0.2, 0) is 55.8 Å². The molecule has 2 aromatic carbocycles. The number of aromatic nitrogens is 4. The van der Waals surface area contributed by atoms with Crippen LogP contribution < -0.4 is 10.6 Å². The highest BCUT2D eigenvalue weighted by Gasteiger charge is 2.65. The summed E-state index contributed by atoms with van der Waals surface area (Å²) in [7, 11) is 2.64. The molecule has 10 rings (SSSR count). The SMILES string of the molecule is COC(=O)NC(C(=O)N1CC2CCC1(c1ncc(-c3ccc(-c4ccc(-c5cnc(C67CCC6CN7C(=O)C(NC(=O)OC)C(C)C)[nH]5)c5c4CCC5)c4c3CCC4)[nH]1)C2)C(C)C. The average molecular weight is 857 g/mol. The number of H-pyrrole nitrogens is 2. The summed E-state index contributed by atoms with van der Waals surface area (Å²) in [4.78, 5) is 73.8. The van der Waals surface area contributed by atoms with Gasteiger partial charge in [-0.1, -0.05) is 52.0 Å². The van der Waals surface area contributed by atoms with Gasteiger partial charge in [-0.3, -0.25) is 9.59 Å². The van der Waals surface area contributed by atoms with Crippen molar-refractivity contribution < 1.29 is 28.7 Å². The minimum atomic E-state index is -0.682. The Morgan fingerprint density at radius 3 is 1.63 bits per heavy atom. The Hall–Kier alpha value is -5.66. The number of fused-ring (bicyclic) bond motifs is 5. The van der Waals surface area contributed by atoms with E-state index in [9.17, 15) is 19.2 Å². The molecule has 4 fully saturated rings. The summed E-state index contributed by atoms with van der Waals surface area (Å²) >= 11 is 0. The first-order valence-electron chi connectivity index (χ1n) is 23.1. The van der Waals surface area contributed by atoms with E-state index in [1.165, 1.54) is 58.7 Å². The molecule has 2 saturated carbocycles. The number of amides is 4. The molecule has 4 heterocycles. The number of carbonyl (C=O) groups is 4. The topological polar surface area (TPSA) is 175 Å². The number of rotatable bonds is 11. The third kappa shape index (κ3) is 6.39. The number of piperidine rings is 2. The molecule has 0 spiro atoms. The van der Waals surface area contributed by atoms with Gasteiger partial charge in [-0.2, -0.15) is 0 Å². The zero-order valence-electron chi connectivity index (χ0n) is 37.4. The number of nitrogens with one attached hydrogen (secondary N) is 4. The normalized spacial score (nSPS) is 25.0. The van der Waals surface area contributed by atoms with E-state index >= 15 is 0 Å². The second-order valence-electron chi connectivity index (χ2n) is 19.6. The van der Waals surface area contributed by atoms with Crippen molar-refractivity contribution in [2.75, 3.05) is 27.3 Å². The van der Waals surface area contributed by atoms with Crippen LogP contribution in [-0.4, -0.2) is 93.1 Å². The first-order chi connectivity index (χ1) is 30.4. The molecule has 2 aromatic heterocycles. The van der Waals surface area contributed by atoms with Crippen molar-refractivity contribution in [2.45, 2.75) is 121 Å². The van der Waals surface area contributed by atoms with Gasteiger partial charge in [0.15, 0.2) is 0 Å². The quantitative estimate of drug-likeness (QED) is 0.123. The molecule has 2 bridgehead atoms. The maximum Gasteiger partial charge on any atom is 0.407 e. The monoisotopic (exact) mass is 856 g/mol. The number of carbonyl (C=O) groups excluding carboxylic acids is 4. The largest absolute Gasteiger partial charge is 0.453 e. The number of nitrogens with zero attached hydrogens (tertiary/aromatic N) is 4. The van der Waals surface area contributed by atoms with Crippen molar-refractivity contribution in [3.63, 3.8) is 0 Å². The molecule has 6 aliphatic rings. The van der Waals surface area contributed by atoms with Gasteiger partial charge in [-0.05, 0) is 122 Å². The van der Waals surface area contributed by atoms with Gasteiger partial charge in [0, 0.05) is 30.1 Å². The van der Waals surface area contributed by atoms with E-state index < -0.39 is 35.3 Å². The van der Waals surface area contributed by atoms with E-state index in [0.717, 1.165) is 93.7 Å². The number of alkyl carbamates (subject to hydrolysis) is 2. The van der Waals surface area contributed by atoms with E-state index in [2.05, 4.69) is 44.9 Å². The fourth-order valence-electron chi connectivity index (χ4n) is 12.3. The second-order valence-corrected chi connectivity index (χ2v) is 19.6. The van der Waals surface area contributed by atoms with E-state index in [1.54, 1.807) is 0 Å². The first-order valence-corrected chi connectivity index (χ1v) is 23.1. The van der Waals surface area contributed by atoms with Crippen LogP contribution in [0.1, 0.15) is 107 Å². The summed E-state index contributed by atoms with van der Waals surface area (Å²) in [6.45, 7) is 9.09. The Balaban J connectivity index is 0.925. The van der Waals surface area contributed by atoms with Crippen LogP contribution in [0.4, 0.5) is 9.59 Å². The Morgan fingerprint density at radius 2 is 1.16 bits per heavy atom.